The van der Waals surface area contributed by atoms with Crippen LogP contribution in [0.4, 0.5) is 10.1 Å². The van der Waals surface area contributed by atoms with Crippen LogP contribution in [0.15, 0.2) is 42.7 Å². The predicted octanol–water partition coefficient (Wildman–Crippen LogP) is 5.35. The fourth-order valence-electron chi connectivity index (χ4n) is 5.17. The lowest BCUT2D eigenvalue weighted by atomic mass is 9.78. The monoisotopic (exact) mass is 495 g/mol. The number of hydrogen-bond donors (Lipinski definition) is 1. The number of fused-ring (bicyclic) bond motifs is 1. The Hall–Kier alpha value is -2.77. The molecule has 2 aliphatic rings. The number of benzene rings is 2. The van der Waals surface area contributed by atoms with Gasteiger partial charge in [0, 0.05) is 53.3 Å². The zero-order chi connectivity index (χ0) is 24.7. The van der Waals surface area contributed by atoms with Crippen molar-refractivity contribution in [1.29, 1.82) is 0 Å². The second-order valence-electron chi connectivity index (χ2n) is 10.2. The zero-order valence-corrected chi connectivity index (χ0v) is 21.1. The van der Waals surface area contributed by atoms with Crippen LogP contribution in [-0.2, 0) is 26.4 Å². The minimum Gasteiger partial charge on any atom is -0.321 e. The van der Waals surface area contributed by atoms with Gasteiger partial charge in [0.1, 0.15) is 18.3 Å². The molecule has 1 aliphatic heterocycles. The smallest absolute Gasteiger partial charge is 0.258 e. The summed E-state index contributed by atoms with van der Waals surface area (Å²) in [7, 11) is 1.81. The summed E-state index contributed by atoms with van der Waals surface area (Å²) in [6.07, 6.45) is 4.48. The van der Waals surface area contributed by atoms with Crippen LogP contribution in [0, 0.1) is 0 Å². The summed E-state index contributed by atoms with van der Waals surface area (Å²) in [6.45, 7) is 4.78. The van der Waals surface area contributed by atoms with Gasteiger partial charge in [0.05, 0.1) is 6.54 Å². The lowest BCUT2D eigenvalue weighted by molar-refractivity contribution is 0.0996. The van der Waals surface area contributed by atoms with Gasteiger partial charge in [-0.25, -0.2) is 4.39 Å². The Balaban J connectivity index is 1.32. The van der Waals surface area contributed by atoms with E-state index in [1.807, 2.05) is 36.4 Å². The van der Waals surface area contributed by atoms with E-state index in [-0.39, 0.29) is 30.3 Å². The number of amides is 1. The summed E-state index contributed by atoms with van der Waals surface area (Å²) in [4.78, 5) is 15.1. The van der Waals surface area contributed by atoms with Gasteiger partial charge >= 0.3 is 0 Å². The molecule has 0 saturated heterocycles. The average Bonchev–Trinajstić information content (AvgIpc) is 3.35. The van der Waals surface area contributed by atoms with Gasteiger partial charge in [-0.3, -0.25) is 4.79 Å². The molecule has 8 heteroatoms. The lowest BCUT2D eigenvalue weighted by Crippen LogP contribution is -2.49. The summed E-state index contributed by atoms with van der Waals surface area (Å²) in [5.74, 6) is 0.540. The van der Waals surface area contributed by atoms with E-state index in [0.29, 0.717) is 23.0 Å². The Kier molecular flexibility index (Phi) is 6.40. The molecule has 3 aromatic rings. The molecule has 5 rings (SSSR count). The molecular formula is C27H31ClFN5O. The van der Waals surface area contributed by atoms with Crippen molar-refractivity contribution < 1.29 is 9.18 Å². The molecule has 1 amide bonds. The fourth-order valence-corrected chi connectivity index (χ4v) is 5.46. The van der Waals surface area contributed by atoms with E-state index in [2.05, 4.69) is 29.4 Å². The second-order valence-corrected chi connectivity index (χ2v) is 10.6. The van der Waals surface area contributed by atoms with Crippen LogP contribution in [0.25, 0.3) is 0 Å². The largest absolute Gasteiger partial charge is 0.321 e. The number of alkyl halides is 1. The maximum atomic E-state index is 14.8. The van der Waals surface area contributed by atoms with E-state index >= 15 is 0 Å². The van der Waals surface area contributed by atoms with E-state index in [4.69, 9.17) is 11.6 Å². The van der Waals surface area contributed by atoms with Crippen molar-refractivity contribution >= 4 is 23.2 Å². The van der Waals surface area contributed by atoms with Crippen molar-refractivity contribution in [2.24, 2.45) is 7.05 Å². The quantitative estimate of drug-likeness (QED) is 0.458. The number of hydrogen-bond acceptors (Lipinski definition) is 4. The van der Waals surface area contributed by atoms with Gasteiger partial charge in [0.2, 0.25) is 0 Å². The van der Waals surface area contributed by atoms with Gasteiger partial charge in [-0.15, -0.1) is 10.2 Å². The molecule has 2 heterocycles. The molecule has 1 fully saturated rings. The minimum absolute atomic E-state index is 0.0705. The fraction of sp³-hybridized carbons (Fsp3) is 0.444. The van der Waals surface area contributed by atoms with Crippen LogP contribution in [-0.4, -0.2) is 32.4 Å². The Morgan fingerprint density at radius 2 is 2.03 bits per heavy atom. The van der Waals surface area contributed by atoms with E-state index in [1.54, 1.807) is 22.8 Å². The van der Waals surface area contributed by atoms with Crippen LogP contribution >= 0.6 is 11.6 Å². The van der Waals surface area contributed by atoms with Crippen LogP contribution in [0.3, 0.4) is 0 Å². The molecule has 1 N–H and O–H groups in total. The van der Waals surface area contributed by atoms with Gasteiger partial charge in [-0.1, -0.05) is 23.7 Å². The number of halogens is 2. The third kappa shape index (κ3) is 4.84. The van der Waals surface area contributed by atoms with Crippen LogP contribution < -0.4 is 10.2 Å². The van der Waals surface area contributed by atoms with Gasteiger partial charge in [-0.2, -0.15) is 0 Å². The number of carbonyl (C=O) groups is 1. The molecular weight excluding hydrogens is 465 g/mol. The summed E-state index contributed by atoms with van der Waals surface area (Å²) < 4.78 is 16.5. The molecule has 0 bridgehead atoms. The van der Waals surface area contributed by atoms with Crippen molar-refractivity contribution in [3.63, 3.8) is 0 Å². The number of carbonyl (C=O) groups excluding carboxylic acids is 1. The van der Waals surface area contributed by atoms with Crippen LogP contribution in [0.1, 0.15) is 72.0 Å². The van der Waals surface area contributed by atoms with Crippen molar-refractivity contribution in [3.8, 4) is 0 Å². The summed E-state index contributed by atoms with van der Waals surface area (Å²) in [5.41, 5.74) is 4.26. The topological polar surface area (TPSA) is 63.1 Å². The summed E-state index contributed by atoms with van der Waals surface area (Å²) in [6, 6.07) is 11.6. The minimum atomic E-state index is -1.09. The Labute approximate surface area is 210 Å². The zero-order valence-electron chi connectivity index (χ0n) is 20.4. The lowest BCUT2D eigenvalue weighted by Gasteiger charge is -2.41. The average molecular weight is 496 g/mol. The van der Waals surface area contributed by atoms with E-state index < -0.39 is 6.17 Å². The molecule has 0 spiro atoms. The Morgan fingerprint density at radius 1 is 1.23 bits per heavy atom. The Bertz CT molecular complexity index is 1250. The predicted molar refractivity (Wildman–Crippen MR) is 136 cm³/mol. The van der Waals surface area contributed by atoms with Crippen LogP contribution in [0.5, 0.6) is 0 Å². The molecule has 1 aromatic heterocycles. The number of nitrogens with zero attached hydrogens (tertiary/aromatic N) is 4. The number of aryl methyl sites for hydroxylation is 1. The first-order valence-electron chi connectivity index (χ1n) is 12.2. The highest BCUT2D eigenvalue weighted by Crippen LogP contribution is 2.37. The third-order valence-corrected chi connectivity index (χ3v) is 7.76. The molecule has 35 heavy (non-hydrogen) atoms. The molecule has 2 aromatic carbocycles. The van der Waals surface area contributed by atoms with Crippen molar-refractivity contribution in [3.05, 3.63) is 75.8 Å². The van der Waals surface area contributed by atoms with Gasteiger partial charge in [0.25, 0.3) is 5.91 Å². The highest BCUT2D eigenvalue weighted by molar-refractivity contribution is 6.32. The first-order chi connectivity index (χ1) is 16.7. The maximum Gasteiger partial charge on any atom is 0.258 e. The maximum absolute atomic E-state index is 14.8. The number of anilines is 1. The van der Waals surface area contributed by atoms with Crippen molar-refractivity contribution in [2.75, 3.05) is 4.90 Å². The molecule has 1 aliphatic carbocycles. The highest BCUT2D eigenvalue weighted by atomic mass is 35.5. The number of aromatic nitrogens is 3. The van der Waals surface area contributed by atoms with Crippen molar-refractivity contribution in [1.82, 2.24) is 20.1 Å². The van der Waals surface area contributed by atoms with E-state index in [1.165, 1.54) is 6.42 Å². The normalized spacial score (nSPS) is 18.3. The number of rotatable bonds is 8. The van der Waals surface area contributed by atoms with Gasteiger partial charge < -0.3 is 14.8 Å². The van der Waals surface area contributed by atoms with Gasteiger partial charge in [0.15, 0.2) is 0 Å². The molecule has 0 unspecified atom stereocenters. The summed E-state index contributed by atoms with van der Waals surface area (Å²) >= 11 is 6.67. The first-order valence-corrected chi connectivity index (χ1v) is 12.6. The summed E-state index contributed by atoms with van der Waals surface area (Å²) in [5, 5.41) is 12.1. The van der Waals surface area contributed by atoms with Crippen molar-refractivity contribution in [2.45, 2.75) is 70.2 Å². The number of nitrogens with one attached hydrogen (secondary N) is 1. The molecule has 184 valence electrons. The van der Waals surface area contributed by atoms with E-state index in [9.17, 15) is 9.18 Å². The van der Waals surface area contributed by atoms with E-state index in [0.717, 1.165) is 35.2 Å². The SMILES string of the molecule is C[C@@H](NC1(C)CCC1)c1cc(Cl)c2c(c1)C(=O)N(c1cccc(C[C@@H](F)Cc3nncn3C)c1)C2. The molecule has 6 nitrogen and oxygen atoms in total. The second kappa shape index (κ2) is 9.36. The van der Waals surface area contributed by atoms with Gasteiger partial charge in [-0.05, 0) is 68.5 Å². The van der Waals surface area contributed by atoms with Crippen LogP contribution in [0.2, 0.25) is 5.02 Å². The molecule has 2 atom stereocenters. The molecule has 1 saturated carbocycles. The standard InChI is InChI=1S/C27H31ClFN5O/c1-17(31-27(2)8-5-9-27)19-12-22-23(24(28)13-19)15-34(26(22)35)21-7-4-6-18(11-21)10-20(29)14-25-32-30-16-33(25)3/h4,6-7,11-13,16-17,20,31H,5,8-10,14-15H2,1-3H3/t17-,20-/m1/s1. The Morgan fingerprint density at radius 3 is 2.71 bits per heavy atom. The highest BCUT2D eigenvalue weighted by Gasteiger charge is 2.35. The first kappa shape index (κ1) is 23.9. The molecule has 0 radical (unpaired) electrons. The third-order valence-electron chi connectivity index (χ3n) is 7.42.